The Labute approximate surface area is 79.8 Å². The predicted molar refractivity (Wildman–Crippen MR) is 46.9 cm³/mol. The van der Waals surface area contributed by atoms with Crippen LogP contribution >= 0.6 is 12.2 Å². The second-order valence-electron chi connectivity index (χ2n) is 3.01. The average Bonchev–Trinajstić information content (AvgIpc) is 2.34. The summed E-state index contributed by atoms with van der Waals surface area (Å²) in [5.41, 5.74) is 0. The summed E-state index contributed by atoms with van der Waals surface area (Å²) < 4.78 is 4.94. The zero-order chi connectivity index (χ0) is 10.0. The monoisotopic (exact) mass is 202 g/mol. The highest BCUT2D eigenvalue weighted by molar-refractivity contribution is 7.71. The Hall–Kier alpha value is -1.17. The van der Waals surface area contributed by atoms with Gasteiger partial charge in [-0.25, -0.2) is 5.10 Å². The number of nitrogens with one attached hydrogen (secondary N) is 1. The molecule has 6 heteroatoms. The van der Waals surface area contributed by atoms with Crippen LogP contribution in [-0.4, -0.2) is 21.3 Å². The molecule has 0 saturated carbocycles. The molecule has 0 aliphatic heterocycles. The lowest BCUT2D eigenvalue weighted by molar-refractivity contribution is -0.140. The highest BCUT2D eigenvalue weighted by atomic mass is 32.1. The fraction of sp³-hybridized carbons (Fsp3) is 0.571. The SMILES string of the molecule is CC(C)C(C(=O)O)c1n[nH]c(=S)o1. The molecule has 1 aromatic rings. The third kappa shape index (κ3) is 2.15. The zero-order valence-electron chi connectivity index (χ0n) is 7.27. The fourth-order valence-electron chi connectivity index (χ4n) is 1.05. The van der Waals surface area contributed by atoms with Crippen molar-refractivity contribution in [2.45, 2.75) is 19.8 Å². The Bertz CT molecular complexity index is 355. The van der Waals surface area contributed by atoms with Crippen molar-refractivity contribution < 1.29 is 14.3 Å². The third-order valence-electron chi connectivity index (χ3n) is 1.65. The van der Waals surface area contributed by atoms with Gasteiger partial charge in [0.25, 0.3) is 4.84 Å². The molecule has 1 rings (SSSR count). The van der Waals surface area contributed by atoms with E-state index in [1.165, 1.54) is 0 Å². The van der Waals surface area contributed by atoms with Crippen LogP contribution < -0.4 is 0 Å². The molecule has 5 nitrogen and oxygen atoms in total. The van der Waals surface area contributed by atoms with Gasteiger partial charge in [-0.2, -0.15) is 0 Å². The molecule has 0 aliphatic rings. The molecule has 0 amide bonds. The Morgan fingerprint density at radius 2 is 2.31 bits per heavy atom. The van der Waals surface area contributed by atoms with E-state index in [9.17, 15) is 4.79 Å². The van der Waals surface area contributed by atoms with E-state index in [4.69, 9.17) is 9.52 Å². The Morgan fingerprint density at radius 3 is 2.62 bits per heavy atom. The van der Waals surface area contributed by atoms with Crippen molar-refractivity contribution in [2.75, 3.05) is 0 Å². The second-order valence-corrected chi connectivity index (χ2v) is 3.38. The minimum atomic E-state index is -0.958. The third-order valence-corrected chi connectivity index (χ3v) is 1.83. The molecule has 0 spiro atoms. The highest BCUT2D eigenvalue weighted by Crippen LogP contribution is 2.22. The van der Waals surface area contributed by atoms with Gasteiger partial charge in [0.05, 0.1) is 0 Å². The first kappa shape index (κ1) is 9.91. The molecule has 0 aromatic carbocycles. The summed E-state index contributed by atoms with van der Waals surface area (Å²) in [5.74, 6) is -1.65. The van der Waals surface area contributed by atoms with Crippen LogP contribution in [0.4, 0.5) is 0 Å². The maximum Gasteiger partial charge on any atom is 0.316 e. The van der Waals surface area contributed by atoms with Crippen molar-refractivity contribution in [3.63, 3.8) is 0 Å². The van der Waals surface area contributed by atoms with Gasteiger partial charge in [-0.15, -0.1) is 5.10 Å². The molecule has 0 radical (unpaired) electrons. The molecule has 1 heterocycles. The molecule has 1 atom stereocenters. The number of aliphatic carboxylic acids is 1. The van der Waals surface area contributed by atoms with Crippen molar-refractivity contribution >= 4 is 18.2 Å². The van der Waals surface area contributed by atoms with Crippen LogP contribution in [0.1, 0.15) is 25.7 Å². The molecule has 0 saturated heterocycles. The average molecular weight is 202 g/mol. The first-order valence-corrected chi connectivity index (χ1v) is 4.21. The van der Waals surface area contributed by atoms with Gasteiger partial charge < -0.3 is 9.52 Å². The first-order valence-electron chi connectivity index (χ1n) is 3.80. The minimum Gasteiger partial charge on any atom is -0.481 e. The number of carboxylic acid groups (broad SMARTS) is 1. The summed E-state index contributed by atoms with van der Waals surface area (Å²) in [4.78, 5) is 10.9. The van der Waals surface area contributed by atoms with E-state index < -0.39 is 11.9 Å². The van der Waals surface area contributed by atoms with Crippen LogP contribution in [0.5, 0.6) is 0 Å². The fourth-order valence-corrected chi connectivity index (χ4v) is 1.18. The number of carboxylic acids is 1. The molecule has 72 valence electrons. The Morgan fingerprint density at radius 1 is 1.69 bits per heavy atom. The van der Waals surface area contributed by atoms with Crippen LogP contribution in [0.25, 0.3) is 0 Å². The van der Waals surface area contributed by atoms with Gasteiger partial charge in [0.2, 0.25) is 5.89 Å². The minimum absolute atomic E-state index is 0.0843. The summed E-state index contributed by atoms with van der Waals surface area (Å²) in [6.45, 7) is 3.57. The number of aromatic amines is 1. The molecule has 13 heavy (non-hydrogen) atoms. The van der Waals surface area contributed by atoms with E-state index in [0.717, 1.165) is 0 Å². The van der Waals surface area contributed by atoms with Crippen molar-refractivity contribution in [1.82, 2.24) is 10.2 Å². The van der Waals surface area contributed by atoms with Crippen LogP contribution in [0, 0.1) is 10.8 Å². The van der Waals surface area contributed by atoms with Crippen LogP contribution in [0.3, 0.4) is 0 Å². The summed E-state index contributed by atoms with van der Waals surface area (Å²) >= 11 is 4.65. The Kier molecular flexibility index (Phi) is 2.82. The van der Waals surface area contributed by atoms with Gasteiger partial charge in [-0.1, -0.05) is 13.8 Å². The summed E-state index contributed by atoms with van der Waals surface area (Å²) in [7, 11) is 0. The smallest absolute Gasteiger partial charge is 0.316 e. The van der Waals surface area contributed by atoms with E-state index in [1.54, 1.807) is 13.8 Å². The van der Waals surface area contributed by atoms with E-state index in [0.29, 0.717) is 0 Å². The molecule has 1 aromatic heterocycles. The number of aromatic nitrogens is 2. The van der Waals surface area contributed by atoms with Gasteiger partial charge in [-0.05, 0) is 18.1 Å². The lowest BCUT2D eigenvalue weighted by Crippen LogP contribution is -2.17. The summed E-state index contributed by atoms with van der Waals surface area (Å²) in [5, 5.41) is 14.9. The number of carbonyl (C=O) groups is 1. The van der Waals surface area contributed by atoms with Crippen molar-refractivity contribution in [2.24, 2.45) is 5.92 Å². The number of H-pyrrole nitrogens is 1. The van der Waals surface area contributed by atoms with E-state index in [2.05, 4.69) is 22.4 Å². The zero-order valence-corrected chi connectivity index (χ0v) is 8.09. The molecule has 1 unspecified atom stereocenters. The number of hydrogen-bond acceptors (Lipinski definition) is 4. The van der Waals surface area contributed by atoms with Gasteiger partial charge in [-0.3, -0.25) is 4.79 Å². The largest absolute Gasteiger partial charge is 0.481 e. The number of hydrogen-bond donors (Lipinski definition) is 2. The lowest BCUT2D eigenvalue weighted by atomic mass is 9.96. The number of rotatable bonds is 3. The van der Waals surface area contributed by atoms with Crippen LogP contribution in [0.15, 0.2) is 4.42 Å². The number of nitrogens with zero attached hydrogens (tertiary/aromatic N) is 1. The molecule has 2 N–H and O–H groups in total. The van der Waals surface area contributed by atoms with E-state index in [1.807, 2.05) is 0 Å². The molecule has 0 bridgehead atoms. The standard InChI is InChI=1S/C7H10N2O3S/c1-3(2)4(6(10)11)5-8-9-7(13)12-5/h3-4H,1-2H3,(H,9,13)(H,10,11). The van der Waals surface area contributed by atoms with E-state index in [-0.39, 0.29) is 16.6 Å². The second kappa shape index (κ2) is 3.69. The molecule has 0 fully saturated rings. The maximum absolute atomic E-state index is 10.8. The van der Waals surface area contributed by atoms with Crippen molar-refractivity contribution in [1.29, 1.82) is 0 Å². The van der Waals surface area contributed by atoms with E-state index >= 15 is 0 Å². The first-order chi connectivity index (χ1) is 6.02. The topological polar surface area (TPSA) is 79.1 Å². The quantitative estimate of drug-likeness (QED) is 0.727. The Balaban J connectivity index is 3.02. The van der Waals surface area contributed by atoms with Gasteiger partial charge >= 0.3 is 5.97 Å². The predicted octanol–water partition coefficient (Wildman–Crippen LogP) is 1.56. The van der Waals surface area contributed by atoms with Crippen molar-refractivity contribution in [3.8, 4) is 0 Å². The molecular formula is C7H10N2O3S. The summed E-state index contributed by atoms with van der Waals surface area (Å²) in [6.07, 6.45) is 0. The normalized spacial score (nSPS) is 13.2. The highest BCUT2D eigenvalue weighted by Gasteiger charge is 2.28. The van der Waals surface area contributed by atoms with Gasteiger partial charge in [0.15, 0.2) is 0 Å². The van der Waals surface area contributed by atoms with Gasteiger partial charge in [0.1, 0.15) is 5.92 Å². The maximum atomic E-state index is 10.8. The lowest BCUT2D eigenvalue weighted by Gasteiger charge is -2.10. The van der Waals surface area contributed by atoms with Gasteiger partial charge in [0, 0.05) is 0 Å². The van der Waals surface area contributed by atoms with Crippen molar-refractivity contribution in [3.05, 3.63) is 10.7 Å². The summed E-state index contributed by atoms with van der Waals surface area (Å²) in [6, 6.07) is 0. The molecule has 0 aliphatic carbocycles. The molecular weight excluding hydrogens is 192 g/mol. The van der Waals surface area contributed by atoms with Crippen LogP contribution in [0.2, 0.25) is 0 Å². The van der Waals surface area contributed by atoms with Crippen LogP contribution in [-0.2, 0) is 4.79 Å².